The predicted molar refractivity (Wildman–Crippen MR) is 85.1 cm³/mol. The maximum Gasteiger partial charge on any atom is 0.226 e. The number of aromatic nitrogens is 1. The van der Waals surface area contributed by atoms with Gasteiger partial charge in [0.2, 0.25) is 5.89 Å². The Balaban J connectivity index is 1.77. The molecule has 0 saturated heterocycles. The molecule has 3 rings (SSSR count). The zero-order valence-electron chi connectivity index (χ0n) is 11.8. The minimum Gasteiger partial charge on any atom is -0.486 e. The van der Waals surface area contributed by atoms with E-state index < -0.39 is 0 Å². The van der Waals surface area contributed by atoms with Crippen molar-refractivity contribution in [1.29, 1.82) is 0 Å². The Morgan fingerprint density at radius 3 is 2.68 bits per heavy atom. The van der Waals surface area contributed by atoms with Crippen LogP contribution in [-0.4, -0.2) is 4.98 Å². The third-order valence-electron chi connectivity index (χ3n) is 3.17. The summed E-state index contributed by atoms with van der Waals surface area (Å²) in [6.45, 7) is 2.10. The first-order valence-electron chi connectivity index (χ1n) is 6.73. The second-order valence-corrected chi connectivity index (χ2v) is 5.61. The molecule has 0 bridgehead atoms. The smallest absolute Gasteiger partial charge is 0.226 e. The maximum absolute atomic E-state index is 13.1. The molecule has 1 aromatic heterocycles. The van der Waals surface area contributed by atoms with Gasteiger partial charge in [-0.3, -0.25) is 0 Å². The van der Waals surface area contributed by atoms with Crippen molar-refractivity contribution in [2.45, 2.75) is 13.5 Å². The molecule has 0 N–H and O–H groups in total. The van der Waals surface area contributed by atoms with Crippen molar-refractivity contribution < 1.29 is 13.5 Å². The highest BCUT2D eigenvalue weighted by Crippen LogP contribution is 2.27. The van der Waals surface area contributed by atoms with Gasteiger partial charge in [-0.2, -0.15) is 0 Å². The van der Waals surface area contributed by atoms with E-state index in [-0.39, 0.29) is 12.4 Å². The van der Waals surface area contributed by atoms with Gasteiger partial charge in [0.15, 0.2) is 0 Å². The van der Waals surface area contributed by atoms with E-state index in [0.717, 1.165) is 11.3 Å². The summed E-state index contributed by atoms with van der Waals surface area (Å²) >= 11 is 3.27. The number of nitrogens with zero attached hydrogens (tertiary/aromatic N) is 1. The number of benzene rings is 2. The number of aryl methyl sites for hydroxylation is 1. The molecule has 0 aliphatic carbocycles. The summed E-state index contributed by atoms with van der Waals surface area (Å²) in [6, 6.07) is 14.0. The highest BCUT2D eigenvalue weighted by molar-refractivity contribution is 9.10. The molecular formula is C17H13BrFNO2. The number of ether oxygens (including phenoxy) is 1. The summed E-state index contributed by atoms with van der Waals surface area (Å²) in [5.74, 6) is 1.51. The van der Waals surface area contributed by atoms with Gasteiger partial charge >= 0.3 is 0 Å². The van der Waals surface area contributed by atoms with Crippen LogP contribution < -0.4 is 4.74 Å². The molecule has 0 saturated carbocycles. The van der Waals surface area contributed by atoms with E-state index in [0.29, 0.717) is 21.9 Å². The molecule has 3 aromatic rings. The zero-order chi connectivity index (χ0) is 15.5. The average molecular weight is 362 g/mol. The first-order chi connectivity index (χ1) is 10.6. The van der Waals surface area contributed by atoms with Gasteiger partial charge in [0.1, 0.15) is 29.6 Å². The van der Waals surface area contributed by atoms with Crippen LogP contribution in [0.5, 0.6) is 5.75 Å². The predicted octanol–water partition coefficient (Wildman–Crippen LogP) is 5.13. The van der Waals surface area contributed by atoms with Crippen molar-refractivity contribution in [3.05, 3.63) is 70.3 Å². The summed E-state index contributed by atoms with van der Waals surface area (Å²) in [6.07, 6.45) is 0. The summed E-state index contributed by atoms with van der Waals surface area (Å²) < 4.78 is 25.0. The van der Waals surface area contributed by atoms with Gasteiger partial charge in [-0.15, -0.1) is 0 Å². The van der Waals surface area contributed by atoms with E-state index in [1.807, 2.05) is 37.3 Å². The number of rotatable bonds is 4. The van der Waals surface area contributed by atoms with Crippen molar-refractivity contribution in [2.75, 3.05) is 0 Å². The van der Waals surface area contributed by atoms with E-state index >= 15 is 0 Å². The normalized spacial score (nSPS) is 10.7. The first kappa shape index (κ1) is 14.8. The van der Waals surface area contributed by atoms with Gasteiger partial charge < -0.3 is 9.15 Å². The molecule has 0 aliphatic heterocycles. The minimum absolute atomic E-state index is 0.256. The Labute approximate surface area is 135 Å². The molecule has 0 radical (unpaired) electrons. The van der Waals surface area contributed by atoms with Crippen LogP contribution in [0.4, 0.5) is 4.39 Å². The Hall–Kier alpha value is -2.14. The fraction of sp³-hybridized carbons (Fsp3) is 0.118. The summed E-state index contributed by atoms with van der Waals surface area (Å²) in [5.41, 5.74) is 1.63. The van der Waals surface area contributed by atoms with Gasteiger partial charge in [0.05, 0.1) is 4.47 Å². The van der Waals surface area contributed by atoms with Gasteiger partial charge in [-0.1, -0.05) is 18.2 Å². The second-order valence-electron chi connectivity index (χ2n) is 4.75. The third kappa shape index (κ3) is 3.20. The van der Waals surface area contributed by atoms with Crippen molar-refractivity contribution in [3.8, 4) is 17.2 Å². The summed E-state index contributed by atoms with van der Waals surface area (Å²) in [5, 5.41) is 0. The maximum atomic E-state index is 13.1. The average Bonchev–Trinajstić information content (AvgIpc) is 2.88. The van der Waals surface area contributed by atoms with Gasteiger partial charge in [-0.25, -0.2) is 9.37 Å². The molecule has 0 amide bonds. The van der Waals surface area contributed by atoms with Crippen LogP contribution in [-0.2, 0) is 6.61 Å². The number of hydrogen-bond donors (Lipinski definition) is 0. The molecule has 2 aromatic carbocycles. The van der Waals surface area contributed by atoms with Crippen LogP contribution in [0.15, 0.2) is 57.4 Å². The van der Waals surface area contributed by atoms with Crippen LogP contribution in [0.2, 0.25) is 0 Å². The first-order valence-corrected chi connectivity index (χ1v) is 7.52. The molecule has 5 heteroatoms. The van der Waals surface area contributed by atoms with E-state index in [4.69, 9.17) is 9.15 Å². The monoisotopic (exact) mass is 361 g/mol. The van der Waals surface area contributed by atoms with Crippen LogP contribution in [0, 0.1) is 12.7 Å². The molecule has 0 fully saturated rings. The zero-order valence-corrected chi connectivity index (χ0v) is 13.4. The minimum atomic E-state index is -0.316. The highest BCUT2D eigenvalue weighted by atomic mass is 79.9. The largest absolute Gasteiger partial charge is 0.486 e. The highest BCUT2D eigenvalue weighted by Gasteiger charge is 2.12. The number of hydrogen-bond acceptors (Lipinski definition) is 3. The molecule has 1 heterocycles. The van der Waals surface area contributed by atoms with Crippen LogP contribution in [0.3, 0.4) is 0 Å². The topological polar surface area (TPSA) is 35.3 Å². The quantitative estimate of drug-likeness (QED) is 0.645. The van der Waals surface area contributed by atoms with E-state index in [2.05, 4.69) is 20.9 Å². The molecular weight excluding hydrogens is 349 g/mol. The van der Waals surface area contributed by atoms with Gasteiger partial charge in [0.25, 0.3) is 0 Å². The van der Waals surface area contributed by atoms with E-state index in [9.17, 15) is 4.39 Å². The summed E-state index contributed by atoms with van der Waals surface area (Å²) in [7, 11) is 0. The molecule has 22 heavy (non-hydrogen) atoms. The van der Waals surface area contributed by atoms with Crippen LogP contribution >= 0.6 is 15.9 Å². The number of oxazole rings is 1. The van der Waals surface area contributed by atoms with Gasteiger partial charge in [-0.05, 0) is 53.2 Å². The fourth-order valence-electron chi connectivity index (χ4n) is 2.00. The van der Waals surface area contributed by atoms with Crippen LogP contribution in [0.25, 0.3) is 11.5 Å². The molecule has 112 valence electrons. The third-order valence-corrected chi connectivity index (χ3v) is 3.79. The van der Waals surface area contributed by atoms with Crippen molar-refractivity contribution in [1.82, 2.24) is 4.98 Å². The second kappa shape index (κ2) is 6.32. The van der Waals surface area contributed by atoms with Crippen molar-refractivity contribution in [3.63, 3.8) is 0 Å². The Morgan fingerprint density at radius 2 is 1.95 bits per heavy atom. The standard InChI is InChI=1S/C17H13BrFNO2/c1-11-15(10-21-16-8-7-13(19)9-14(16)18)20-17(22-11)12-5-3-2-4-6-12/h2-9H,10H2,1H3. The van der Waals surface area contributed by atoms with Crippen molar-refractivity contribution >= 4 is 15.9 Å². The van der Waals surface area contributed by atoms with E-state index in [1.54, 1.807) is 6.07 Å². The number of halogens is 2. The van der Waals surface area contributed by atoms with Crippen molar-refractivity contribution in [2.24, 2.45) is 0 Å². The lowest BCUT2D eigenvalue weighted by Gasteiger charge is -2.06. The van der Waals surface area contributed by atoms with Gasteiger partial charge in [0, 0.05) is 5.56 Å². The Morgan fingerprint density at radius 1 is 1.18 bits per heavy atom. The molecule has 0 unspecified atom stereocenters. The summed E-state index contributed by atoms with van der Waals surface area (Å²) in [4.78, 5) is 4.46. The van der Waals surface area contributed by atoms with Crippen LogP contribution in [0.1, 0.15) is 11.5 Å². The molecule has 0 aliphatic rings. The molecule has 0 atom stereocenters. The fourth-order valence-corrected chi connectivity index (χ4v) is 2.47. The Kier molecular flexibility index (Phi) is 4.24. The molecule has 0 spiro atoms. The lowest BCUT2D eigenvalue weighted by Crippen LogP contribution is -1.98. The lowest BCUT2D eigenvalue weighted by atomic mass is 10.2. The SMILES string of the molecule is Cc1oc(-c2ccccc2)nc1COc1ccc(F)cc1Br. The molecule has 3 nitrogen and oxygen atoms in total. The Bertz CT molecular complexity index is 787. The van der Waals surface area contributed by atoms with E-state index in [1.165, 1.54) is 12.1 Å². The lowest BCUT2D eigenvalue weighted by molar-refractivity contribution is 0.297.